The van der Waals surface area contributed by atoms with Gasteiger partial charge in [0.25, 0.3) is 10.0 Å². The van der Waals surface area contributed by atoms with Crippen molar-refractivity contribution < 1.29 is 13.2 Å². The van der Waals surface area contributed by atoms with Gasteiger partial charge in [0, 0.05) is 23.1 Å². The first-order valence-electron chi connectivity index (χ1n) is 11.9. The van der Waals surface area contributed by atoms with Crippen LogP contribution in [-0.4, -0.2) is 38.9 Å². The van der Waals surface area contributed by atoms with Gasteiger partial charge in [-0.3, -0.25) is 14.0 Å². The Hall–Kier alpha value is -2.58. The van der Waals surface area contributed by atoms with Gasteiger partial charge in [-0.15, -0.1) is 0 Å². The third-order valence-electron chi connectivity index (χ3n) is 6.15. The second-order valence-corrected chi connectivity index (χ2v) is 11.6. The van der Waals surface area contributed by atoms with Crippen LogP contribution in [0.4, 0.5) is 5.69 Å². The minimum atomic E-state index is -4.03. The standard InChI is InChI=1S/C27H29Cl2N3O3S/c28-23-11-13-26(14-12-23)36(34,35)32(25-6-4-5-24(29)17-25)20-27(33)30-18-21-7-9-22(10-8-21)19-31-15-2-1-3-16-31/h4-14,17H,1-3,15-16,18-20H2,(H,30,33). The van der Waals surface area contributed by atoms with E-state index in [1.54, 1.807) is 18.2 Å². The lowest BCUT2D eigenvalue weighted by molar-refractivity contribution is -0.119. The molecule has 0 spiro atoms. The third-order valence-corrected chi connectivity index (χ3v) is 8.43. The summed E-state index contributed by atoms with van der Waals surface area (Å²) in [6, 6.07) is 20.4. The van der Waals surface area contributed by atoms with Gasteiger partial charge in [-0.1, -0.05) is 60.0 Å². The lowest BCUT2D eigenvalue weighted by atomic mass is 10.1. The molecule has 0 atom stereocenters. The number of benzene rings is 3. The monoisotopic (exact) mass is 545 g/mol. The number of rotatable bonds is 9. The van der Waals surface area contributed by atoms with Gasteiger partial charge < -0.3 is 5.32 Å². The van der Waals surface area contributed by atoms with Crippen molar-refractivity contribution in [1.82, 2.24) is 10.2 Å². The molecule has 4 rings (SSSR count). The Bertz CT molecular complexity index is 1280. The van der Waals surface area contributed by atoms with Crippen molar-refractivity contribution in [1.29, 1.82) is 0 Å². The largest absolute Gasteiger partial charge is 0.350 e. The zero-order valence-electron chi connectivity index (χ0n) is 19.9. The van der Waals surface area contributed by atoms with E-state index in [0.717, 1.165) is 29.5 Å². The molecular formula is C27H29Cl2N3O3S. The summed E-state index contributed by atoms with van der Waals surface area (Å²) in [6.45, 7) is 3.12. The molecule has 1 aliphatic heterocycles. The molecule has 3 aromatic carbocycles. The van der Waals surface area contributed by atoms with E-state index in [4.69, 9.17) is 23.2 Å². The summed E-state index contributed by atoms with van der Waals surface area (Å²) in [6.07, 6.45) is 3.82. The quantitative estimate of drug-likeness (QED) is 0.386. The Kier molecular flexibility index (Phi) is 8.90. The summed E-state index contributed by atoms with van der Waals surface area (Å²) in [5.41, 5.74) is 2.49. The van der Waals surface area contributed by atoms with Crippen molar-refractivity contribution in [3.05, 3.63) is 94.0 Å². The molecule has 0 aromatic heterocycles. The number of carbonyl (C=O) groups is 1. The first kappa shape index (κ1) is 26.5. The number of sulfonamides is 1. The highest BCUT2D eigenvalue weighted by Gasteiger charge is 2.27. The molecule has 1 N–H and O–H groups in total. The van der Waals surface area contributed by atoms with E-state index < -0.39 is 22.5 Å². The van der Waals surface area contributed by atoms with Crippen molar-refractivity contribution in [2.24, 2.45) is 0 Å². The lowest BCUT2D eigenvalue weighted by Gasteiger charge is -2.26. The topological polar surface area (TPSA) is 69.7 Å². The molecule has 3 aromatic rings. The van der Waals surface area contributed by atoms with Gasteiger partial charge in [0.05, 0.1) is 10.6 Å². The van der Waals surface area contributed by atoms with Gasteiger partial charge in [-0.25, -0.2) is 8.42 Å². The number of likely N-dealkylation sites (tertiary alicyclic amines) is 1. The number of anilines is 1. The highest BCUT2D eigenvalue weighted by atomic mass is 35.5. The van der Waals surface area contributed by atoms with Gasteiger partial charge in [-0.2, -0.15) is 0 Å². The van der Waals surface area contributed by atoms with Crippen LogP contribution in [0.2, 0.25) is 10.0 Å². The molecule has 0 bridgehead atoms. The minimum Gasteiger partial charge on any atom is -0.350 e. The minimum absolute atomic E-state index is 0.0315. The third kappa shape index (κ3) is 7.01. The van der Waals surface area contributed by atoms with Crippen LogP contribution in [0.1, 0.15) is 30.4 Å². The van der Waals surface area contributed by atoms with Gasteiger partial charge >= 0.3 is 0 Å². The van der Waals surface area contributed by atoms with Crippen LogP contribution in [0.3, 0.4) is 0 Å². The van der Waals surface area contributed by atoms with Crippen molar-refractivity contribution in [2.45, 2.75) is 37.2 Å². The van der Waals surface area contributed by atoms with Crippen LogP contribution in [0.5, 0.6) is 0 Å². The molecular weight excluding hydrogens is 517 g/mol. The summed E-state index contributed by atoms with van der Waals surface area (Å²) in [7, 11) is -4.03. The fraction of sp³-hybridized carbons (Fsp3) is 0.296. The predicted molar refractivity (Wildman–Crippen MR) is 145 cm³/mol. The molecule has 0 radical (unpaired) electrons. The van der Waals surface area contributed by atoms with E-state index >= 15 is 0 Å². The summed E-state index contributed by atoms with van der Waals surface area (Å²) in [5.74, 6) is -0.426. The molecule has 1 aliphatic rings. The van der Waals surface area contributed by atoms with E-state index in [-0.39, 0.29) is 4.90 Å². The van der Waals surface area contributed by atoms with Crippen molar-refractivity contribution >= 4 is 44.8 Å². The van der Waals surface area contributed by atoms with Gasteiger partial charge in [0.2, 0.25) is 5.91 Å². The molecule has 0 unspecified atom stereocenters. The number of piperidine rings is 1. The maximum absolute atomic E-state index is 13.4. The molecule has 1 amide bonds. The zero-order chi connectivity index (χ0) is 25.5. The summed E-state index contributed by atoms with van der Waals surface area (Å²) >= 11 is 12.0. The summed E-state index contributed by atoms with van der Waals surface area (Å²) in [4.78, 5) is 15.4. The average molecular weight is 547 g/mol. The molecule has 1 fully saturated rings. The van der Waals surface area contributed by atoms with Gasteiger partial charge in [0.15, 0.2) is 0 Å². The van der Waals surface area contributed by atoms with Crippen LogP contribution in [-0.2, 0) is 27.9 Å². The van der Waals surface area contributed by atoms with Crippen molar-refractivity contribution in [2.75, 3.05) is 23.9 Å². The lowest BCUT2D eigenvalue weighted by Crippen LogP contribution is -2.40. The van der Waals surface area contributed by atoms with Crippen LogP contribution in [0.15, 0.2) is 77.7 Å². The molecule has 0 saturated carbocycles. The fourth-order valence-electron chi connectivity index (χ4n) is 4.21. The molecule has 36 heavy (non-hydrogen) atoms. The Morgan fingerprint density at radius 2 is 1.53 bits per heavy atom. The van der Waals surface area contributed by atoms with E-state index in [9.17, 15) is 13.2 Å². The fourth-order valence-corrected chi connectivity index (χ4v) is 5.93. The van der Waals surface area contributed by atoms with E-state index in [1.165, 1.54) is 55.2 Å². The molecule has 1 heterocycles. The number of hydrogen-bond acceptors (Lipinski definition) is 4. The molecule has 6 nitrogen and oxygen atoms in total. The Balaban J connectivity index is 1.43. The predicted octanol–water partition coefficient (Wildman–Crippen LogP) is 5.49. The number of amides is 1. The molecule has 190 valence electrons. The Morgan fingerprint density at radius 3 is 2.19 bits per heavy atom. The van der Waals surface area contributed by atoms with E-state index in [0.29, 0.717) is 22.3 Å². The molecule has 0 aliphatic carbocycles. The average Bonchev–Trinajstić information content (AvgIpc) is 2.87. The highest BCUT2D eigenvalue weighted by Crippen LogP contribution is 2.26. The summed E-state index contributed by atoms with van der Waals surface area (Å²) < 4.78 is 27.9. The first-order chi connectivity index (χ1) is 17.3. The second kappa shape index (κ2) is 12.1. The van der Waals surface area contributed by atoms with Crippen LogP contribution < -0.4 is 9.62 Å². The van der Waals surface area contributed by atoms with E-state index in [2.05, 4.69) is 22.3 Å². The van der Waals surface area contributed by atoms with E-state index in [1.807, 2.05) is 12.1 Å². The Morgan fingerprint density at radius 1 is 0.861 bits per heavy atom. The maximum atomic E-state index is 13.4. The van der Waals surface area contributed by atoms with Crippen LogP contribution in [0, 0.1) is 0 Å². The summed E-state index contributed by atoms with van der Waals surface area (Å²) in [5, 5.41) is 3.63. The molecule has 9 heteroatoms. The van der Waals surface area contributed by atoms with Crippen molar-refractivity contribution in [3.63, 3.8) is 0 Å². The second-order valence-electron chi connectivity index (χ2n) is 8.88. The maximum Gasteiger partial charge on any atom is 0.264 e. The number of nitrogens with one attached hydrogen (secondary N) is 1. The first-order valence-corrected chi connectivity index (χ1v) is 14.1. The number of hydrogen-bond donors (Lipinski definition) is 1. The SMILES string of the molecule is O=C(CN(c1cccc(Cl)c1)S(=O)(=O)c1ccc(Cl)cc1)NCc1ccc(CN2CCCCC2)cc1. The van der Waals surface area contributed by atoms with Gasteiger partial charge in [-0.05, 0) is 79.5 Å². The van der Waals surface area contributed by atoms with Gasteiger partial charge in [0.1, 0.15) is 6.54 Å². The smallest absolute Gasteiger partial charge is 0.264 e. The number of carbonyl (C=O) groups excluding carboxylic acids is 1. The van der Waals surface area contributed by atoms with Crippen LogP contribution >= 0.6 is 23.2 Å². The molecule has 1 saturated heterocycles. The number of nitrogens with zero attached hydrogens (tertiary/aromatic N) is 2. The van der Waals surface area contributed by atoms with Crippen molar-refractivity contribution in [3.8, 4) is 0 Å². The van der Waals surface area contributed by atoms with Crippen LogP contribution in [0.25, 0.3) is 0 Å². The number of halogens is 2. The Labute approximate surface area is 222 Å². The highest BCUT2D eigenvalue weighted by molar-refractivity contribution is 7.92. The normalized spacial score (nSPS) is 14.4. The zero-order valence-corrected chi connectivity index (χ0v) is 22.2.